The van der Waals surface area contributed by atoms with Crippen molar-refractivity contribution in [3.8, 4) is 0 Å². The standard InChI is InChI=1S/C16H19ClN2S/c1-19(10-9-18)12-13-5-4-6-14(11-13)20-16-8-3-2-7-15(16)17/h2-8,11H,9-10,12,18H2,1H3. The molecule has 0 aliphatic heterocycles. The second kappa shape index (κ2) is 7.70. The number of nitrogens with zero attached hydrogens (tertiary/aromatic N) is 1. The van der Waals surface area contributed by atoms with Crippen molar-refractivity contribution in [1.29, 1.82) is 0 Å². The zero-order valence-corrected chi connectivity index (χ0v) is 13.1. The summed E-state index contributed by atoms with van der Waals surface area (Å²) < 4.78 is 0. The molecule has 0 heterocycles. The van der Waals surface area contributed by atoms with Crippen molar-refractivity contribution in [2.45, 2.75) is 16.3 Å². The normalized spacial score (nSPS) is 11.0. The minimum atomic E-state index is 0.685. The predicted molar refractivity (Wildman–Crippen MR) is 87.4 cm³/mol. The van der Waals surface area contributed by atoms with Crippen molar-refractivity contribution < 1.29 is 0 Å². The van der Waals surface area contributed by atoms with Gasteiger partial charge in [0, 0.05) is 29.4 Å². The molecule has 0 radical (unpaired) electrons. The van der Waals surface area contributed by atoms with Crippen LogP contribution in [0.5, 0.6) is 0 Å². The summed E-state index contributed by atoms with van der Waals surface area (Å²) in [5.41, 5.74) is 6.86. The van der Waals surface area contributed by atoms with Gasteiger partial charge in [-0.15, -0.1) is 0 Å². The summed E-state index contributed by atoms with van der Waals surface area (Å²) in [5.74, 6) is 0. The van der Waals surface area contributed by atoms with Crippen LogP contribution in [-0.4, -0.2) is 25.0 Å². The Hall–Kier alpha value is -1.00. The quantitative estimate of drug-likeness (QED) is 0.878. The third-order valence-corrected chi connectivity index (χ3v) is 4.43. The van der Waals surface area contributed by atoms with Gasteiger partial charge in [-0.1, -0.05) is 47.6 Å². The molecule has 0 amide bonds. The maximum Gasteiger partial charge on any atom is 0.0545 e. The zero-order valence-electron chi connectivity index (χ0n) is 11.6. The molecule has 2 rings (SSSR count). The fraction of sp³-hybridized carbons (Fsp3) is 0.250. The molecule has 0 spiro atoms. The van der Waals surface area contributed by atoms with E-state index in [1.807, 2.05) is 24.3 Å². The number of nitrogens with two attached hydrogens (primary N) is 1. The van der Waals surface area contributed by atoms with E-state index in [1.54, 1.807) is 11.8 Å². The molecule has 2 aromatic carbocycles. The average molecular weight is 307 g/mol. The van der Waals surface area contributed by atoms with Crippen LogP contribution in [0.1, 0.15) is 5.56 Å². The molecule has 4 heteroatoms. The summed E-state index contributed by atoms with van der Waals surface area (Å²) in [6.07, 6.45) is 0. The summed E-state index contributed by atoms with van der Waals surface area (Å²) in [7, 11) is 2.08. The van der Waals surface area contributed by atoms with Crippen LogP contribution in [0.15, 0.2) is 58.3 Å². The van der Waals surface area contributed by atoms with Gasteiger partial charge in [-0.2, -0.15) is 0 Å². The Bertz CT molecular complexity index is 560. The molecule has 0 unspecified atom stereocenters. The van der Waals surface area contributed by atoms with Crippen molar-refractivity contribution >= 4 is 23.4 Å². The topological polar surface area (TPSA) is 29.3 Å². The molecule has 0 aliphatic carbocycles. The first-order valence-electron chi connectivity index (χ1n) is 6.59. The maximum atomic E-state index is 6.20. The van der Waals surface area contributed by atoms with Crippen molar-refractivity contribution in [2.75, 3.05) is 20.1 Å². The number of halogens is 1. The van der Waals surface area contributed by atoms with Gasteiger partial charge >= 0.3 is 0 Å². The van der Waals surface area contributed by atoms with E-state index in [0.717, 1.165) is 23.0 Å². The second-order valence-corrected chi connectivity index (χ2v) is 6.23. The van der Waals surface area contributed by atoms with Crippen molar-refractivity contribution in [2.24, 2.45) is 5.73 Å². The number of hydrogen-bond acceptors (Lipinski definition) is 3. The molecule has 2 N–H and O–H groups in total. The third-order valence-electron chi connectivity index (χ3n) is 2.93. The first-order valence-corrected chi connectivity index (χ1v) is 7.78. The fourth-order valence-corrected chi connectivity index (χ4v) is 3.15. The SMILES string of the molecule is CN(CCN)Cc1cccc(Sc2ccccc2Cl)c1. The van der Waals surface area contributed by atoms with Gasteiger partial charge in [0.1, 0.15) is 0 Å². The van der Waals surface area contributed by atoms with E-state index in [1.165, 1.54) is 10.5 Å². The van der Waals surface area contributed by atoms with Crippen LogP contribution >= 0.6 is 23.4 Å². The first-order chi connectivity index (χ1) is 9.69. The van der Waals surface area contributed by atoms with Crippen LogP contribution in [0.4, 0.5) is 0 Å². The van der Waals surface area contributed by atoms with Crippen LogP contribution in [-0.2, 0) is 6.54 Å². The molecule has 106 valence electrons. The van der Waals surface area contributed by atoms with Gasteiger partial charge in [0.05, 0.1) is 5.02 Å². The van der Waals surface area contributed by atoms with Crippen LogP contribution in [0.25, 0.3) is 0 Å². The van der Waals surface area contributed by atoms with Gasteiger partial charge in [-0.3, -0.25) is 0 Å². The Morgan fingerprint density at radius 1 is 1.15 bits per heavy atom. The highest BCUT2D eigenvalue weighted by Gasteiger charge is 2.04. The first kappa shape index (κ1) is 15.4. The predicted octanol–water partition coefficient (Wildman–Crippen LogP) is 3.88. The lowest BCUT2D eigenvalue weighted by Crippen LogP contribution is -2.24. The summed E-state index contributed by atoms with van der Waals surface area (Å²) >= 11 is 7.89. The summed E-state index contributed by atoms with van der Waals surface area (Å²) in [4.78, 5) is 4.51. The average Bonchev–Trinajstić information content (AvgIpc) is 2.42. The number of likely N-dealkylation sites (N-methyl/N-ethyl adjacent to an activating group) is 1. The van der Waals surface area contributed by atoms with Crippen molar-refractivity contribution in [3.63, 3.8) is 0 Å². The van der Waals surface area contributed by atoms with E-state index in [2.05, 4.69) is 36.2 Å². The van der Waals surface area contributed by atoms with E-state index < -0.39 is 0 Å². The second-order valence-electron chi connectivity index (χ2n) is 4.71. The Balaban J connectivity index is 2.08. The Kier molecular flexibility index (Phi) is 5.92. The molecule has 2 nitrogen and oxygen atoms in total. The number of rotatable bonds is 6. The lowest BCUT2D eigenvalue weighted by molar-refractivity contribution is 0.336. The summed E-state index contributed by atoms with van der Waals surface area (Å²) in [6.45, 7) is 2.50. The smallest absolute Gasteiger partial charge is 0.0545 e. The van der Waals surface area contributed by atoms with Crippen LogP contribution in [0.3, 0.4) is 0 Å². The number of hydrogen-bond donors (Lipinski definition) is 1. The highest BCUT2D eigenvalue weighted by atomic mass is 35.5. The maximum absolute atomic E-state index is 6.20. The Morgan fingerprint density at radius 3 is 2.70 bits per heavy atom. The van der Waals surface area contributed by atoms with Gasteiger partial charge in [-0.25, -0.2) is 0 Å². The van der Waals surface area contributed by atoms with E-state index in [4.69, 9.17) is 17.3 Å². The van der Waals surface area contributed by atoms with Crippen LogP contribution < -0.4 is 5.73 Å². The van der Waals surface area contributed by atoms with Crippen LogP contribution in [0, 0.1) is 0 Å². The highest BCUT2D eigenvalue weighted by Crippen LogP contribution is 2.33. The van der Waals surface area contributed by atoms with E-state index in [9.17, 15) is 0 Å². The summed E-state index contributed by atoms with van der Waals surface area (Å²) in [6, 6.07) is 16.5. The van der Waals surface area contributed by atoms with E-state index >= 15 is 0 Å². The van der Waals surface area contributed by atoms with Crippen molar-refractivity contribution in [1.82, 2.24) is 4.90 Å². The van der Waals surface area contributed by atoms with Gasteiger partial charge in [0.2, 0.25) is 0 Å². The molecule has 2 aromatic rings. The summed E-state index contributed by atoms with van der Waals surface area (Å²) in [5, 5.41) is 0.795. The molecule has 20 heavy (non-hydrogen) atoms. The monoisotopic (exact) mass is 306 g/mol. The molecular formula is C16H19ClN2S. The lowest BCUT2D eigenvalue weighted by atomic mass is 10.2. The van der Waals surface area contributed by atoms with E-state index in [-0.39, 0.29) is 0 Å². The largest absolute Gasteiger partial charge is 0.329 e. The highest BCUT2D eigenvalue weighted by molar-refractivity contribution is 7.99. The van der Waals surface area contributed by atoms with Crippen LogP contribution in [0.2, 0.25) is 5.02 Å². The molecular weight excluding hydrogens is 288 g/mol. The molecule has 0 aliphatic rings. The molecule has 0 fully saturated rings. The lowest BCUT2D eigenvalue weighted by Gasteiger charge is -2.15. The van der Waals surface area contributed by atoms with Gasteiger partial charge in [0.15, 0.2) is 0 Å². The molecule has 0 bridgehead atoms. The number of benzene rings is 2. The van der Waals surface area contributed by atoms with Gasteiger partial charge < -0.3 is 10.6 Å². The molecule has 0 saturated carbocycles. The van der Waals surface area contributed by atoms with Gasteiger partial charge in [0.25, 0.3) is 0 Å². The Morgan fingerprint density at radius 2 is 1.95 bits per heavy atom. The van der Waals surface area contributed by atoms with E-state index in [0.29, 0.717) is 6.54 Å². The fourth-order valence-electron chi connectivity index (χ4n) is 1.97. The van der Waals surface area contributed by atoms with Gasteiger partial charge in [-0.05, 0) is 36.9 Å². The Labute approximate surface area is 129 Å². The minimum absolute atomic E-state index is 0.685. The molecule has 0 saturated heterocycles. The third kappa shape index (κ3) is 4.53. The minimum Gasteiger partial charge on any atom is -0.329 e. The zero-order chi connectivity index (χ0) is 14.4. The van der Waals surface area contributed by atoms with Crippen molar-refractivity contribution in [3.05, 3.63) is 59.1 Å². The molecule has 0 aromatic heterocycles. The molecule has 0 atom stereocenters.